The highest BCUT2D eigenvalue weighted by Gasteiger charge is 2.24. The largest absolute Gasteiger partial charge is 0.381 e. The number of carbonyl (C=O) groups excluding carboxylic acids is 1. The summed E-state index contributed by atoms with van der Waals surface area (Å²) in [5.74, 6) is 0.273. The van der Waals surface area contributed by atoms with Crippen LogP contribution in [0.2, 0.25) is 0 Å². The lowest BCUT2D eigenvalue weighted by molar-refractivity contribution is 0.0541. The maximum Gasteiger partial charge on any atom is 0.186 e. The van der Waals surface area contributed by atoms with Crippen LogP contribution in [0.3, 0.4) is 0 Å². The summed E-state index contributed by atoms with van der Waals surface area (Å²) in [5, 5.41) is 4.21. The minimum absolute atomic E-state index is 0.105. The number of aryl methyl sites for hydroxylation is 2. The fourth-order valence-corrected chi connectivity index (χ4v) is 1.85. The van der Waals surface area contributed by atoms with Gasteiger partial charge in [0.1, 0.15) is 5.69 Å². The molecule has 1 aromatic rings. The summed E-state index contributed by atoms with van der Waals surface area (Å²) in [4.78, 5) is 12.0. The van der Waals surface area contributed by atoms with Crippen LogP contribution in [0, 0.1) is 12.8 Å². The Morgan fingerprint density at radius 3 is 2.73 bits per heavy atom. The average Bonchev–Trinajstić information content (AvgIpc) is 2.59. The van der Waals surface area contributed by atoms with Crippen LogP contribution in [0.1, 0.15) is 29.0 Å². The maximum atomic E-state index is 12.0. The van der Waals surface area contributed by atoms with Gasteiger partial charge in [-0.2, -0.15) is 5.10 Å². The molecule has 1 aromatic heterocycles. The Labute approximate surface area is 89.2 Å². The molecule has 0 aliphatic carbocycles. The first-order valence-corrected chi connectivity index (χ1v) is 5.31. The molecule has 1 aliphatic rings. The van der Waals surface area contributed by atoms with Gasteiger partial charge in [-0.1, -0.05) is 0 Å². The standard InChI is InChI=1S/C11H16N2O2/c1-8-7-10(12-13(8)2)11(14)9-3-5-15-6-4-9/h7,9H,3-6H2,1-2H3. The average molecular weight is 208 g/mol. The van der Waals surface area contributed by atoms with Gasteiger partial charge in [-0.15, -0.1) is 0 Å². The van der Waals surface area contributed by atoms with E-state index in [1.807, 2.05) is 20.0 Å². The fraction of sp³-hybridized carbons (Fsp3) is 0.636. The predicted molar refractivity (Wildman–Crippen MR) is 55.8 cm³/mol. The molecule has 82 valence electrons. The fourth-order valence-electron chi connectivity index (χ4n) is 1.85. The van der Waals surface area contributed by atoms with Gasteiger partial charge in [0.15, 0.2) is 5.78 Å². The number of aromatic nitrogens is 2. The van der Waals surface area contributed by atoms with Crippen LogP contribution in [-0.4, -0.2) is 28.8 Å². The quantitative estimate of drug-likeness (QED) is 0.689. The van der Waals surface area contributed by atoms with Crippen LogP contribution >= 0.6 is 0 Å². The number of nitrogens with zero attached hydrogens (tertiary/aromatic N) is 2. The highest BCUT2D eigenvalue weighted by molar-refractivity contribution is 5.96. The zero-order valence-electron chi connectivity index (χ0n) is 9.19. The lowest BCUT2D eigenvalue weighted by Crippen LogP contribution is -2.23. The minimum atomic E-state index is 0.105. The van der Waals surface area contributed by atoms with E-state index in [-0.39, 0.29) is 11.7 Å². The van der Waals surface area contributed by atoms with E-state index in [4.69, 9.17) is 4.74 Å². The number of carbonyl (C=O) groups is 1. The van der Waals surface area contributed by atoms with Gasteiger partial charge in [-0.25, -0.2) is 0 Å². The van der Waals surface area contributed by atoms with E-state index in [2.05, 4.69) is 5.10 Å². The molecule has 0 saturated carbocycles. The van der Waals surface area contributed by atoms with Gasteiger partial charge in [-0.3, -0.25) is 9.48 Å². The normalized spacial score (nSPS) is 18.0. The summed E-state index contributed by atoms with van der Waals surface area (Å²) in [6.07, 6.45) is 1.66. The molecule has 4 nitrogen and oxygen atoms in total. The topological polar surface area (TPSA) is 44.1 Å². The van der Waals surface area contributed by atoms with Crippen LogP contribution in [0.25, 0.3) is 0 Å². The van der Waals surface area contributed by atoms with E-state index < -0.39 is 0 Å². The zero-order chi connectivity index (χ0) is 10.8. The van der Waals surface area contributed by atoms with Gasteiger partial charge >= 0.3 is 0 Å². The van der Waals surface area contributed by atoms with Gasteiger partial charge in [0.05, 0.1) is 0 Å². The Balaban J connectivity index is 2.12. The second-order valence-corrected chi connectivity index (χ2v) is 4.05. The Kier molecular flexibility index (Phi) is 2.86. The lowest BCUT2D eigenvalue weighted by Gasteiger charge is -2.19. The number of hydrogen-bond acceptors (Lipinski definition) is 3. The van der Waals surface area contributed by atoms with Crippen molar-refractivity contribution in [3.05, 3.63) is 17.5 Å². The SMILES string of the molecule is Cc1cc(C(=O)C2CCOCC2)nn1C. The monoisotopic (exact) mass is 208 g/mol. The van der Waals surface area contributed by atoms with E-state index in [1.54, 1.807) is 4.68 Å². The van der Waals surface area contributed by atoms with Crippen molar-refractivity contribution in [1.82, 2.24) is 9.78 Å². The summed E-state index contributed by atoms with van der Waals surface area (Å²) < 4.78 is 6.98. The molecule has 4 heteroatoms. The summed E-state index contributed by atoms with van der Waals surface area (Å²) in [5.41, 5.74) is 1.62. The second-order valence-electron chi connectivity index (χ2n) is 4.05. The van der Waals surface area contributed by atoms with E-state index >= 15 is 0 Å². The summed E-state index contributed by atoms with van der Waals surface area (Å²) in [6.45, 7) is 3.35. The van der Waals surface area contributed by atoms with Gasteiger partial charge in [0, 0.05) is 31.9 Å². The van der Waals surface area contributed by atoms with Crippen molar-refractivity contribution in [2.75, 3.05) is 13.2 Å². The summed E-state index contributed by atoms with van der Waals surface area (Å²) in [7, 11) is 1.86. The van der Waals surface area contributed by atoms with Crippen molar-refractivity contribution in [2.45, 2.75) is 19.8 Å². The first-order chi connectivity index (χ1) is 7.18. The van der Waals surface area contributed by atoms with Crippen LogP contribution in [0.15, 0.2) is 6.07 Å². The molecule has 0 unspecified atom stereocenters. The highest BCUT2D eigenvalue weighted by atomic mass is 16.5. The van der Waals surface area contributed by atoms with Crippen molar-refractivity contribution in [3.63, 3.8) is 0 Å². The summed E-state index contributed by atoms with van der Waals surface area (Å²) >= 11 is 0. The smallest absolute Gasteiger partial charge is 0.186 e. The predicted octanol–water partition coefficient (Wildman–Crippen LogP) is 1.34. The van der Waals surface area contributed by atoms with Gasteiger partial charge in [-0.05, 0) is 25.8 Å². The molecule has 1 saturated heterocycles. The third kappa shape index (κ3) is 2.09. The third-order valence-electron chi connectivity index (χ3n) is 2.96. The number of ketones is 1. The molecule has 2 heterocycles. The third-order valence-corrected chi connectivity index (χ3v) is 2.96. The van der Waals surface area contributed by atoms with E-state index in [1.165, 1.54) is 0 Å². The molecule has 0 bridgehead atoms. The highest BCUT2D eigenvalue weighted by Crippen LogP contribution is 2.19. The van der Waals surface area contributed by atoms with E-state index in [0.717, 1.165) is 18.5 Å². The number of rotatable bonds is 2. The zero-order valence-corrected chi connectivity index (χ0v) is 9.19. The minimum Gasteiger partial charge on any atom is -0.381 e. The summed E-state index contributed by atoms with van der Waals surface area (Å²) in [6, 6.07) is 1.86. The van der Waals surface area contributed by atoms with Crippen LogP contribution in [0.5, 0.6) is 0 Å². The molecule has 0 N–H and O–H groups in total. The van der Waals surface area contributed by atoms with Crippen LogP contribution in [-0.2, 0) is 11.8 Å². The Morgan fingerprint density at radius 2 is 2.20 bits per heavy atom. The molecule has 0 atom stereocenters. The van der Waals surface area contributed by atoms with Crippen molar-refractivity contribution >= 4 is 5.78 Å². The molecule has 2 rings (SSSR count). The van der Waals surface area contributed by atoms with Crippen molar-refractivity contribution < 1.29 is 9.53 Å². The van der Waals surface area contributed by atoms with E-state index in [9.17, 15) is 4.79 Å². The Morgan fingerprint density at radius 1 is 1.53 bits per heavy atom. The van der Waals surface area contributed by atoms with Crippen LogP contribution < -0.4 is 0 Å². The molecule has 15 heavy (non-hydrogen) atoms. The molecule has 0 radical (unpaired) electrons. The maximum absolute atomic E-state index is 12.0. The number of Topliss-reactive ketones (excluding diaryl/α,β-unsaturated/α-hetero) is 1. The first kappa shape index (κ1) is 10.4. The number of ether oxygens (including phenoxy) is 1. The van der Waals surface area contributed by atoms with Gasteiger partial charge in [0.25, 0.3) is 0 Å². The number of hydrogen-bond donors (Lipinski definition) is 0. The van der Waals surface area contributed by atoms with Crippen molar-refractivity contribution in [3.8, 4) is 0 Å². The van der Waals surface area contributed by atoms with E-state index in [0.29, 0.717) is 18.9 Å². The van der Waals surface area contributed by atoms with Gasteiger partial charge < -0.3 is 4.74 Å². The molecule has 0 spiro atoms. The molecule has 1 fully saturated rings. The molecular weight excluding hydrogens is 192 g/mol. The second kappa shape index (κ2) is 4.14. The molecule has 0 aromatic carbocycles. The van der Waals surface area contributed by atoms with Gasteiger partial charge in [0.2, 0.25) is 0 Å². The molecule has 0 amide bonds. The lowest BCUT2D eigenvalue weighted by atomic mass is 9.93. The Hall–Kier alpha value is -1.16. The first-order valence-electron chi connectivity index (χ1n) is 5.31. The molecular formula is C11H16N2O2. The van der Waals surface area contributed by atoms with Crippen LogP contribution in [0.4, 0.5) is 0 Å². The molecule has 1 aliphatic heterocycles. The van der Waals surface area contributed by atoms with Crippen molar-refractivity contribution in [1.29, 1.82) is 0 Å². The Bertz CT molecular complexity index is 345. The van der Waals surface area contributed by atoms with Crippen molar-refractivity contribution in [2.24, 2.45) is 13.0 Å².